The Morgan fingerprint density at radius 2 is 1.90 bits per heavy atom. The van der Waals surface area contributed by atoms with Crippen LogP contribution in [0.4, 0.5) is 17.6 Å². The predicted octanol–water partition coefficient (Wildman–Crippen LogP) is 1.78. The topological polar surface area (TPSA) is 35.5 Å². The van der Waals surface area contributed by atoms with E-state index in [-0.39, 0.29) is 5.56 Å². The molecule has 7 heteroatoms. The maximum atomic E-state index is 14.1. The SMILES string of the molecule is OC[C@H](c1cccc(C(F)(F)F)c1F)N1CCNCC1. The van der Waals surface area contributed by atoms with E-state index in [1.807, 2.05) is 0 Å². The van der Waals surface area contributed by atoms with Gasteiger partial charge in [0.15, 0.2) is 0 Å². The van der Waals surface area contributed by atoms with Gasteiger partial charge in [-0.3, -0.25) is 4.90 Å². The van der Waals surface area contributed by atoms with Crippen LogP contribution in [0, 0.1) is 5.82 Å². The lowest BCUT2D eigenvalue weighted by Gasteiger charge is -2.34. The van der Waals surface area contributed by atoms with E-state index >= 15 is 0 Å². The molecule has 0 unspecified atom stereocenters. The van der Waals surface area contributed by atoms with Gasteiger partial charge in [0.1, 0.15) is 5.82 Å². The van der Waals surface area contributed by atoms with Crippen LogP contribution in [0.2, 0.25) is 0 Å². The zero-order chi connectivity index (χ0) is 14.8. The third kappa shape index (κ3) is 3.11. The number of nitrogens with one attached hydrogen (secondary N) is 1. The number of hydrogen-bond acceptors (Lipinski definition) is 3. The first-order chi connectivity index (χ1) is 9.45. The number of benzene rings is 1. The van der Waals surface area contributed by atoms with Crippen LogP contribution in [0.5, 0.6) is 0 Å². The van der Waals surface area contributed by atoms with Crippen LogP contribution < -0.4 is 5.32 Å². The van der Waals surface area contributed by atoms with Gasteiger partial charge in [-0.15, -0.1) is 0 Å². The Morgan fingerprint density at radius 1 is 1.25 bits per heavy atom. The van der Waals surface area contributed by atoms with Crippen molar-refractivity contribution in [3.8, 4) is 0 Å². The largest absolute Gasteiger partial charge is 0.419 e. The second kappa shape index (κ2) is 6.07. The molecule has 0 amide bonds. The zero-order valence-electron chi connectivity index (χ0n) is 10.8. The molecule has 0 saturated carbocycles. The molecule has 1 aromatic rings. The lowest BCUT2D eigenvalue weighted by molar-refractivity contribution is -0.140. The van der Waals surface area contributed by atoms with Crippen LogP contribution in [0.1, 0.15) is 17.2 Å². The highest BCUT2D eigenvalue weighted by Crippen LogP contribution is 2.35. The minimum absolute atomic E-state index is 0.107. The first-order valence-electron chi connectivity index (χ1n) is 6.36. The molecule has 0 aromatic heterocycles. The summed E-state index contributed by atoms with van der Waals surface area (Å²) in [5.74, 6) is -1.29. The first-order valence-corrected chi connectivity index (χ1v) is 6.36. The minimum atomic E-state index is -4.73. The Kier molecular flexibility index (Phi) is 4.62. The summed E-state index contributed by atoms with van der Waals surface area (Å²) in [7, 11) is 0. The van der Waals surface area contributed by atoms with Crippen molar-refractivity contribution in [1.82, 2.24) is 10.2 Å². The molecule has 0 spiro atoms. The van der Waals surface area contributed by atoms with E-state index in [0.717, 1.165) is 0 Å². The van der Waals surface area contributed by atoms with Crippen molar-refractivity contribution in [1.29, 1.82) is 0 Å². The quantitative estimate of drug-likeness (QED) is 0.834. The molecule has 0 aliphatic carbocycles. The molecule has 0 radical (unpaired) electrons. The van der Waals surface area contributed by atoms with Gasteiger partial charge in [0, 0.05) is 31.7 Å². The average molecular weight is 292 g/mol. The van der Waals surface area contributed by atoms with Crippen molar-refractivity contribution in [3.63, 3.8) is 0 Å². The maximum absolute atomic E-state index is 14.1. The van der Waals surface area contributed by atoms with Crippen LogP contribution in [-0.2, 0) is 6.18 Å². The summed E-state index contributed by atoms with van der Waals surface area (Å²) in [5, 5.41) is 12.5. The highest BCUT2D eigenvalue weighted by atomic mass is 19.4. The van der Waals surface area contributed by atoms with Gasteiger partial charge in [0.05, 0.1) is 18.2 Å². The Hall–Kier alpha value is -1.18. The highest BCUT2D eigenvalue weighted by molar-refractivity contribution is 5.30. The Bertz CT molecular complexity index is 458. The fourth-order valence-electron chi connectivity index (χ4n) is 2.43. The van der Waals surface area contributed by atoms with Crippen molar-refractivity contribution >= 4 is 0 Å². The predicted molar refractivity (Wildman–Crippen MR) is 65.7 cm³/mol. The number of aliphatic hydroxyl groups is 1. The molecule has 0 bridgehead atoms. The molecule has 1 heterocycles. The number of hydrogen-bond donors (Lipinski definition) is 2. The van der Waals surface area contributed by atoms with E-state index in [4.69, 9.17) is 0 Å². The third-order valence-corrected chi connectivity index (χ3v) is 3.46. The molecule has 112 valence electrons. The third-order valence-electron chi connectivity index (χ3n) is 3.46. The lowest BCUT2D eigenvalue weighted by atomic mass is 10.0. The molecule has 1 atom stereocenters. The van der Waals surface area contributed by atoms with Crippen LogP contribution in [0.15, 0.2) is 18.2 Å². The molecule has 1 aromatic carbocycles. The van der Waals surface area contributed by atoms with Gasteiger partial charge in [-0.2, -0.15) is 13.2 Å². The summed E-state index contributed by atoms with van der Waals surface area (Å²) >= 11 is 0. The number of aliphatic hydroxyl groups excluding tert-OH is 1. The van der Waals surface area contributed by atoms with Crippen molar-refractivity contribution in [2.45, 2.75) is 12.2 Å². The van der Waals surface area contributed by atoms with E-state index in [2.05, 4.69) is 5.32 Å². The monoisotopic (exact) mass is 292 g/mol. The Morgan fingerprint density at radius 3 is 2.45 bits per heavy atom. The van der Waals surface area contributed by atoms with Gasteiger partial charge in [0.2, 0.25) is 0 Å². The van der Waals surface area contributed by atoms with Crippen molar-refractivity contribution in [2.75, 3.05) is 32.8 Å². The highest BCUT2D eigenvalue weighted by Gasteiger charge is 2.36. The van der Waals surface area contributed by atoms with Gasteiger partial charge >= 0.3 is 6.18 Å². The second-order valence-electron chi connectivity index (χ2n) is 4.69. The second-order valence-corrected chi connectivity index (χ2v) is 4.69. The number of halogens is 4. The summed E-state index contributed by atoms with van der Waals surface area (Å²) in [4.78, 5) is 1.79. The van der Waals surface area contributed by atoms with Gasteiger partial charge in [0.25, 0.3) is 0 Å². The molecule has 2 N–H and O–H groups in total. The summed E-state index contributed by atoms with van der Waals surface area (Å²) in [6.07, 6.45) is -4.73. The Balaban J connectivity index is 2.34. The maximum Gasteiger partial charge on any atom is 0.419 e. The molecule has 1 aliphatic rings. The van der Waals surface area contributed by atoms with Crippen LogP contribution in [-0.4, -0.2) is 42.8 Å². The zero-order valence-corrected chi connectivity index (χ0v) is 10.8. The minimum Gasteiger partial charge on any atom is -0.394 e. The van der Waals surface area contributed by atoms with E-state index in [1.165, 1.54) is 12.1 Å². The number of alkyl halides is 3. The van der Waals surface area contributed by atoms with Crippen molar-refractivity contribution in [2.24, 2.45) is 0 Å². The fourth-order valence-corrected chi connectivity index (χ4v) is 2.43. The molecule has 3 nitrogen and oxygen atoms in total. The molecular formula is C13H16F4N2O. The fraction of sp³-hybridized carbons (Fsp3) is 0.538. The first kappa shape index (κ1) is 15.2. The van der Waals surface area contributed by atoms with Gasteiger partial charge < -0.3 is 10.4 Å². The van der Waals surface area contributed by atoms with Crippen LogP contribution >= 0.6 is 0 Å². The van der Waals surface area contributed by atoms with E-state index in [0.29, 0.717) is 32.2 Å². The smallest absolute Gasteiger partial charge is 0.394 e. The molecule has 2 rings (SSSR count). The normalized spacial score (nSPS) is 19.1. The van der Waals surface area contributed by atoms with Crippen LogP contribution in [0.25, 0.3) is 0 Å². The van der Waals surface area contributed by atoms with Gasteiger partial charge in [-0.05, 0) is 6.07 Å². The number of nitrogens with zero attached hydrogens (tertiary/aromatic N) is 1. The van der Waals surface area contributed by atoms with Crippen molar-refractivity contribution in [3.05, 3.63) is 35.1 Å². The molecule has 1 saturated heterocycles. The van der Waals surface area contributed by atoms with E-state index < -0.39 is 30.2 Å². The lowest BCUT2D eigenvalue weighted by Crippen LogP contribution is -2.46. The van der Waals surface area contributed by atoms with E-state index in [1.54, 1.807) is 4.90 Å². The van der Waals surface area contributed by atoms with E-state index in [9.17, 15) is 22.7 Å². The molecule has 1 aliphatic heterocycles. The average Bonchev–Trinajstić information content (AvgIpc) is 2.41. The molecular weight excluding hydrogens is 276 g/mol. The van der Waals surface area contributed by atoms with Crippen LogP contribution in [0.3, 0.4) is 0 Å². The summed E-state index contributed by atoms with van der Waals surface area (Å²) in [6.45, 7) is 2.02. The van der Waals surface area contributed by atoms with Crippen molar-refractivity contribution < 1.29 is 22.7 Å². The number of piperazine rings is 1. The van der Waals surface area contributed by atoms with Gasteiger partial charge in [-0.1, -0.05) is 12.1 Å². The molecule has 1 fully saturated rings. The Labute approximate surface area is 114 Å². The summed E-state index contributed by atoms with van der Waals surface area (Å²) in [5.41, 5.74) is -1.40. The molecule has 20 heavy (non-hydrogen) atoms. The summed E-state index contributed by atoms with van der Waals surface area (Å²) < 4.78 is 52.2. The summed E-state index contributed by atoms with van der Waals surface area (Å²) in [6, 6.07) is 2.43. The number of rotatable bonds is 3. The standard InChI is InChI=1S/C13H16F4N2O/c14-12-9(2-1-3-10(12)13(15,16)17)11(8-20)19-6-4-18-5-7-19/h1-3,11,18,20H,4-8H2/t11-/m1/s1. The van der Waals surface area contributed by atoms with Gasteiger partial charge in [-0.25, -0.2) is 4.39 Å².